The van der Waals surface area contributed by atoms with Crippen molar-refractivity contribution >= 4 is 6.02 Å². The summed E-state index contributed by atoms with van der Waals surface area (Å²) < 4.78 is 10.7. The highest BCUT2D eigenvalue weighted by atomic mass is 16.5. The maximum absolute atomic E-state index is 5.62. The summed E-state index contributed by atoms with van der Waals surface area (Å²) in [7, 11) is 0. The van der Waals surface area contributed by atoms with Crippen molar-refractivity contribution in [3.63, 3.8) is 0 Å². The first-order valence-corrected chi connectivity index (χ1v) is 5.38. The molecule has 1 heterocycles. The number of nitrogens with zero attached hydrogens (tertiary/aromatic N) is 1. The molecule has 86 valence electrons. The predicted octanol–water partition coefficient (Wildman–Crippen LogP) is 1.86. The van der Waals surface area contributed by atoms with Crippen LogP contribution in [-0.2, 0) is 4.74 Å². The van der Waals surface area contributed by atoms with Gasteiger partial charge in [-0.1, -0.05) is 12.1 Å². The zero-order valence-corrected chi connectivity index (χ0v) is 9.51. The summed E-state index contributed by atoms with van der Waals surface area (Å²) in [6.45, 7) is 4.51. The molecule has 0 spiro atoms. The van der Waals surface area contributed by atoms with Gasteiger partial charge in [-0.15, -0.1) is 0 Å². The van der Waals surface area contributed by atoms with E-state index in [2.05, 4.69) is 4.99 Å². The highest BCUT2D eigenvalue weighted by molar-refractivity contribution is 5.73. The number of ether oxygens (including phenoxy) is 2. The van der Waals surface area contributed by atoms with E-state index >= 15 is 0 Å². The average Bonchev–Trinajstić information content (AvgIpc) is 2.64. The molecule has 1 aromatic rings. The van der Waals surface area contributed by atoms with Crippen LogP contribution < -0.4 is 10.5 Å². The van der Waals surface area contributed by atoms with Crippen LogP contribution in [0.4, 0.5) is 0 Å². The van der Waals surface area contributed by atoms with Crippen LogP contribution in [0.3, 0.4) is 0 Å². The highest BCUT2D eigenvalue weighted by Crippen LogP contribution is 2.25. The zero-order valence-electron chi connectivity index (χ0n) is 9.51. The summed E-state index contributed by atoms with van der Waals surface area (Å²) in [5, 5.41) is 0. The Morgan fingerprint density at radius 1 is 1.50 bits per heavy atom. The summed E-state index contributed by atoms with van der Waals surface area (Å²) >= 11 is 0. The van der Waals surface area contributed by atoms with Crippen LogP contribution in [-0.4, -0.2) is 18.7 Å². The lowest BCUT2D eigenvalue weighted by Crippen LogP contribution is -2.10. The molecular weight excluding hydrogens is 204 g/mol. The summed E-state index contributed by atoms with van der Waals surface area (Å²) in [5.74, 6) is 0.855. The van der Waals surface area contributed by atoms with Gasteiger partial charge in [-0.25, -0.2) is 4.99 Å². The number of amidine groups is 1. The molecule has 0 saturated heterocycles. The van der Waals surface area contributed by atoms with E-state index in [1.165, 1.54) is 0 Å². The standard InChI is InChI=1S/C12H16N2O2/c1-8(2)16-10-5-3-4-9(6-10)11-7-15-12(13)14-11/h3-6,8,11H,7H2,1-2H3,(H2,13,14). The fourth-order valence-corrected chi connectivity index (χ4v) is 1.63. The first-order chi connectivity index (χ1) is 7.65. The molecule has 1 atom stereocenters. The Bertz CT molecular complexity index is 402. The summed E-state index contributed by atoms with van der Waals surface area (Å²) in [6, 6.07) is 8.14. The summed E-state index contributed by atoms with van der Waals surface area (Å²) in [6.07, 6.45) is 0.170. The van der Waals surface area contributed by atoms with Crippen LogP contribution >= 0.6 is 0 Å². The lowest BCUT2D eigenvalue weighted by atomic mass is 10.1. The van der Waals surface area contributed by atoms with E-state index in [0.717, 1.165) is 11.3 Å². The van der Waals surface area contributed by atoms with E-state index in [1.54, 1.807) is 0 Å². The monoisotopic (exact) mass is 220 g/mol. The van der Waals surface area contributed by atoms with Gasteiger partial charge in [-0.05, 0) is 31.5 Å². The summed E-state index contributed by atoms with van der Waals surface area (Å²) in [5.41, 5.74) is 6.55. The zero-order chi connectivity index (χ0) is 11.5. The lowest BCUT2D eigenvalue weighted by Gasteiger charge is -2.12. The van der Waals surface area contributed by atoms with Crippen molar-refractivity contribution in [3.05, 3.63) is 29.8 Å². The Labute approximate surface area is 95.1 Å². The third kappa shape index (κ3) is 2.45. The smallest absolute Gasteiger partial charge is 0.282 e. The molecule has 0 bridgehead atoms. The maximum atomic E-state index is 5.62. The minimum Gasteiger partial charge on any atom is -0.491 e. The first kappa shape index (κ1) is 10.8. The molecule has 0 aliphatic carbocycles. The van der Waals surface area contributed by atoms with Crippen LogP contribution in [0.15, 0.2) is 29.3 Å². The molecule has 4 nitrogen and oxygen atoms in total. The molecular formula is C12H16N2O2. The quantitative estimate of drug-likeness (QED) is 0.845. The number of nitrogens with two attached hydrogens (primary N) is 1. The fraction of sp³-hybridized carbons (Fsp3) is 0.417. The van der Waals surface area contributed by atoms with E-state index in [0.29, 0.717) is 6.61 Å². The molecule has 1 aliphatic rings. The van der Waals surface area contributed by atoms with Gasteiger partial charge in [0.2, 0.25) is 0 Å². The van der Waals surface area contributed by atoms with Crippen LogP contribution in [0.5, 0.6) is 5.75 Å². The van der Waals surface area contributed by atoms with Gasteiger partial charge >= 0.3 is 0 Å². The molecule has 16 heavy (non-hydrogen) atoms. The van der Waals surface area contributed by atoms with E-state index in [9.17, 15) is 0 Å². The molecule has 0 radical (unpaired) electrons. The van der Waals surface area contributed by atoms with Crippen LogP contribution in [0.1, 0.15) is 25.5 Å². The van der Waals surface area contributed by atoms with E-state index in [-0.39, 0.29) is 18.2 Å². The van der Waals surface area contributed by atoms with Crippen molar-refractivity contribution in [2.24, 2.45) is 10.7 Å². The number of hydrogen-bond acceptors (Lipinski definition) is 4. The molecule has 0 saturated carbocycles. The predicted molar refractivity (Wildman–Crippen MR) is 62.5 cm³/mol. The van der Waals surface area contributed by atoms with Gasteiger partial charge < -0.3 is 15.2 Å². The van der Waals surface area contributed by atoms with Crippen molar-refractivity contribution in [2.45, 2.75) is 26.0 Å². The Morgan fingerprint density at radius 3 is 2.94 bits per heavy atom. The molecule has 1 unspecified atom stereocenters. The van der Waals surface area contributed by atoms with E-state index in [1.807, 2.05) is 38.1 Å². The largest absolute Gasteiger partial charge is 0.491 e. The first-order valence-electron chi connectivity index (χ1n) is 5.38. The molecule has 0 fully saturated rings. The number of benzene rings is 1. The van der Waals surface area contributed by atoms with Crippen molar-refractivity contribution in [3.8, 4) is 5.75 Å². The minimum absolute atomic E-state index is 0.00397. The Kier molecular flexibility index (Phi) is 2.99. The van der Waals surface area contributed by atoms with Crippen molar-refractivity contribution in [1.29, 1.82) is 0 Å². The molecule has 2 N–H and O–H groups in total. The van der Waals surface area contributed by atoms with Gasteiger partial charge in [0.15, 0.2) is 0 Å². The Morgan fingerprint density at radius 2 is 2.31 bits per heavy atom. The molecule has 4 heteroatoms. The van der Waals surface area contributed by atoms with Crippen molar-refractivity contribution in [1.82, 2.24) is 0 Å². The van der Waals surface area contributed by atoms with Gasteiger partial charge in [0.25, 0.3) is 6.02 Å². The van der Waals surface area contributed by atoms with E-state index in [4.69, 9.17) is 15.2 Å². The topological polar surface area (TPSA) is 56.8 Å². The highest BCUT2D eigenvalue weighted by Gasteiger charge is 2.18. The summed E-state index contributed by atoms with van der Waals surface area (Å²) in [4.78, 5) is 4.20. The van der Waals surface area contributed by atoms with Crippen LogP contribution in [0, 0.1) is 0 Å². The minimum atomic E-state index is -0.00397. The van der Waals surface area contributed by atoms with Crippen molar-refractivity contribution < 1.29 is 9.47 Å². The van der Waals surface area contributed by atoms with E-state index < -0.39 is 0 Å². The average molecular weight is 220 g/mol. The van der Waals surface area contributed by atoms with Gasteiger partial charge in [-0.3, -0.25) is 0 Å². The molecule has 2 rings (SSSR count). The Hall–Kier alpha value is -1.71. The van der Waals surface area contributed by atoms with Crippen LogP contribution in [0.2, 0.25) is 0 Å². The lowest BCUT2D eigenvalue weighted by molar-refractivity contribution is 0.242. The number of rotatable bonds is 3. The van der Waals surface area contributed by atoms with Gasteiger partial charge in [0.1, 0.15) is 18.4 Å². The van der Waals surface area contributed by atoms with Gasteiger partial charge in [0, 0.05) is 0 Å². The van der Waals surface area contributed by atoms with Gasteiger partial charge in [0.05, 0.1) is 6.10 Å². The van der Waals surface area contributed by atoms with Crippen molar-refractivity contribution in [2.75, 3.05) is 6.61 Å². The number of aliphatic imine (C=N–C) groups is 1. The number of hydrogen-bond donors (Lipinski definition) is 1. The normalized spacial score (nSPS) is 19.4. The third-order valence-corrected chi connectivity index (χ3v) is 2.29. The second kappa shape index (κ2) is 4.43. The second-order valence-corrected chi connectivity index (χ2v) is 4.03. The molecule has 0 amide bonds. The Balaban J connectivity index is 2.16. The third-order valence-electron chi connectivity index (χ3n) is 2.29. The molecule has 1 aliphatic heterocycles. The molecule has 1 aromatic carbocycles. The SMILES string of the molecule is CC(C)Oc1cccc(C2COC(N)=N2)c1. The molecule has 0 aromatic heterocycles. The fourth-order valence-electron chi connectivity index (χ4n) is 1.63. The maximum Gasteiger partial charge on any atom is 0.282 e. The van der Waals surface area contributed by atoms with Gasteiger partial charge in [-0.2, -0.15) is 0 Å². The van der Waals surface area contributed by atoms with Crippen LogP contribution in [0.25, 0.3) is 0 Å². The second-order valence-electron chi connectivity index (χ2n) is 4.03.